The fourth-order valence-electron chi connectivity index (χ4n) is 2.82. The van der Waals surface area contributed by atoms with Gasteiger partial charge in [0.15, 0.2) is 0 Å². The lowest BCUT2D eigenvalue weighted by Crippen LogP contribution is -2.35. The summed E-state index contributed by atoms with van der Waals surface area (Å²) in [5.41, 5.74) is -0.317. The Bertz CT molecular complexity index is 1040. The summed E-state index contributed by atoms with van der Waals surface area (Å²) in [4.78, 5) is 31.4. The molecule has 0 aliphatic heterocycles. The van der Waals surface area contributed by atoms with Gasteiger partial charge in [0, 0.05) is 36.6 Å². The minimum atomic E-state index is -4.00. The molecular weight excluding hydrogens is 448 g/mol. The maximum atomic E-state index is 12.6. The standard InChI is InChI=1S/C22H32N4O4S2/c1-15(2)14-26(6)18-9-7-16(13-24-18)20(27)25-32(29,30)19-10-8-17(31-19)11-12-23-21(28)22(3,4)5/h7-10,13,15H,11-12,14H2,1-6H3,(H,23,28)(H,25,27). The third kappa shape index (κ3) is 7.30. The average Bonchev–Trinajstić information content (AvgIpc) is 3.16. The Labute approximate surface area is 194 Å². The van der Waals surface area contributed by atoms with Crippen molar-refractivity contribution in [2.24, 2.45) is 11.3 Å². The summed E-state index contributed by atoms with van der Waals surface area (Å²) in [5, 5.41) is 2.83. The van der Waals surface area contributed by atoms with Crippen molar-refractivity contribution >= 4 is 39.0 Å². The first-order chi connectivity index (χ1) is 14.8. The van der Waals surface area contributed by atoms with E-state index in [9.17, 15) is 18.0 Å². The second-order valence-electron chi connectivity index (χ2n) is 9.09. The van der Waals surface area contributed by atoms with Crippen molar-refractivity contribution in [3.05, 3.63) is 40.9 Å². The molecule has 2 aromatic heterocycles. The molecule has 8 nitrogen and oxygen atoms in total. The largest absolute Gasteiger partial charge is 0.359 e. The summed E-state index contributed by atoms with van der Waals surface area (Å²) in [5.74, 6) is 0.368. The highest BCUT2D eigenvalue weighted by Gasteiger charge is 2.22. The van der Waals surface area contributed by atoms with Gasteiger partial charge in [-0.1, -0.05) is 34.6 Å². The first-order valence-corrected chi connectivity index (χ1v) is 12.7. The van der Waals surface area contributed by atoms with Crippen LogP contribution in [-0.2, 0) is 21.2 Å². The second-order valence-corrected chi connectivity index (χ2v) is 12.2. The number of hydrogen-bond acceptors (Lipinski definition) is 7. The quantitative estimate of drug-likeness (QED) is 0.571. The van der Waals surface area contributed by atoms with Crippen molar-refractivity contribution in [2.45, 2.75) is 45.2 Å². The molecule has 32 heavy (non-hydrogen) atoms. The number of nitrogens with one attached hydrogen (secondary N) is 2. The van der Waals surface area contributed by atoms with Crippen LogP contribution in [0.15, 0.2) is 34.7 Å². The number of pyridine rings is 1. The van der Waals surface area contributed by atoms with Crippen molar-refractivity contribution < 1.29 is 18.0 Å². The van der Waals surface area contributed by atoms with Gasteiger partial charge >= 0.3 is 0 Å². The van der Waals surface area contributed by atoms with Gasteiger partial charge in [0.1, 0.15) is 10.0 Å². The van der Waals surface area contributed by atoms with Crippen LogP contribution in [0.5, 0.6) is 0 Å². The molecule has 0 bridgehead atoms. The highest BCUT2D eigenvalue weighted by atomic mass is 32.2. The molecule has 2 N–H and O–H groups in total. The summed E-state index contributed by atoms with van der Waals surface area (Å²) in [7, 11) is -2.09. The van der Waals surface area contributed by atoms with E-state index < -0.39 is 21.3 Å². The summed E-state index contributed by atoms with van der Waals surface area (Å²) >= 11 is 1.07. The Hall–Kier alpha value is -2.46. The molecule has 0 aliphatic carbocycles. The molecule has 0 atom stereocenters. The average molecular weight is 481 g/mol. The zero-order chi connectivity index (χ0) is 24.1. The predicted molar refractivity (Wildman–Crippen MR) is 127 cm³/mol. The Balaban J connectivity index is 1.98. The number of thiophene rings is 1. The van der Waals surface area contributed by atoms with E-state index in [1.165, 1.54) is 12.3 Å². The van der Waals surface area contributed by atoms with Crippen molar-refractivity contribution in [1.82, 2.24) is 15.0 Å². The summed E-state index contributed by atoms with van der Waals surface area (Å²) < 4.78 is 27.4. The topological polar surface area (TPSA) is 108 Å². The number of sulfonamides is 1. The zero-order valence-electron chi connectivity index (χ0n) is 19.4. The summed E-state index contributed by atoms with van der Waals surface area (Å²) in [6.07, 6.45) is 1.87. The van der Waals surface area contributed by atoms with Crippen LogP contribution < -0.4 is 14.9 Å². The van der Waals surface area contributed by atoms with Gasteiger partial charge in [0.2, 0.25) is 5.91 Å². The third-order valence-electron chi connectivity index (χ3n) is 4.51. The van der Waals surface area contributed by atoms with Gasteiger partial charge in [-0.2, -0.15) is 0 Å². The van der Waals surface area contributed by atoms with E-state index in [2.05, 4.69) is 28.9 Å². The number of carbonyl (C=O) groups excluding carboxylic acids is 2. The minimum absolute atomic E-state index is 0.0456. The van der Waals surface area contributed by atoms with Crippen LogP contribution in [0.2, 0.25) is 0 Å². The number of carbonyl (C=O) groups is 2. The van der Waals surface area contributed by atoms with Crippen molar-refractivity contribution in [3.63, 3.8) is 0 Å². The molecule has 0 spiro atoms. The van der Waals surface area contributed by atoms with E-state index in [1.807, 2.05) is 32.7 Å². The predicted octanol–water partition coefficient (Wildman–Crippen LogP) is 3.06. The van der Waals surface area contributed by atoms with Crippen LogP contribution in [0, 0.1) is 11.3 Å². The van der Waals surface area contributed by atoms with Gasteiger partial charge in [-0.3, -0.25) is 9.59 Å². The van der Waals surface area contributed by atoms with Gasteiger partial charge in [-0.15, -0.1) is 11.3 Å². The molecule has 0 saturated carbocycles. The molecule has 0 aromatic carbocycles. The fraction of sp³-hybridized carbons (Fsp3) is 0.500. The molecule has 0 fully saturated rings. The minimum Gasteiger partial charge on any atom is -0.359 e. The highest BCUT2D eigenvalue weighted by Crippen LogP contribution is 2.22. The number of nitrogens with zero attached hydrogens (tertiary/aromatic N) is 2. The van der Waals surface area contributed by atoms with Gasteiger partial charge in [0.25, 0.3) is 15.9 Å². The smallest absolute Gasteiger partial charge is 0.273 e. The van der Waals surface area contributed by atoms with Crippen molar-refractivity contribution in [3.8, 4) is 0 Å². The molecule has 10 heteroatoms. The van der Waals surface area contributed by atoms with Crippen LogP contribution in [0.4, 0.5) is 5.82 Å². The number of aromatic nitrogens is 1. The van der Waals surface area contributed by atoms with E-state index in [0.29, 0.717) is 24.7 Å². The monoisotopic (exact) mass is 480 g/mol. The SMILES string of the molecule is CC(C)CN(C)c1ccc(C(=O)NS(=O)(=O)c2ccc(CCNC(=O)C(C)(C)C)s2)cn1. The van der Waals surface area contributed by atoms with Crippen LogP contribution in [0.3, 0.4) is 0 Å². The van der Waals surface area contributed by atoms with Crippen LogP contribution in [-0.4, -0.2) is 45.4 Å². The van der Waals surface area contributed by atoms with Crippen LogP contribution >= 0.6 is 11.3 Å². The summed E-state index contributed by atoms with van der Waals surface area (Å²) in [6.45, 7) is 10.9. The first-order valence-electron chi connectivity index (χ1n) is 10.4. The Morgan fingerprint density at radius 1 is 1.16 bits per heavy atom. The molecule has 2 amide bonds. The Morgan fingerprint density at radius 3 is 2.41 bits per heavy atom. The molecule has 0 unspecified atom stereocenters. The van der Waals surface area contributed by atoms with Crippen LogP contribution in [0.1, 0.15) is 49.9 Å². The van der Waals surface area contributed by atoms with Crippen molar-refractivity contribution in [2.75, 3.05) is 25.0 Å². The number of hydrogen-bond donors (Lipinski definition) is 2. The van der Waals surface area contributed by atoms with Gasteiger partial charge in [0.05, 0.1) is 5.56 Å². The second kappa shape index (κ2) is 10.4. The summed E-state index contributed by atoms with van der Waals surface area (Å²) in [6, 6.07) is 6.40. The maximum Gasteiger partial charge on any atom is 0.273 e. The molecule has 2 rings (SSSR count). The zero-order valence-corrected chi connectivity index (χ0v) is 21.1. The van der Waals surface area contributed by atoms with Gasteiger partial charge in [-0.25, -0.2) is 18.1 Å². The molecule has 0 saturated heterocycles. The molecule has 0 radical (unpaired) electrons. The van der Waals surface area contributed by atoms with E-state index >= 15 is 0 Å². The van der Waals surface area contributed by atoms with E-state index in [-0.39, 0.29) is 15.7 Å². The molecule has 0 aliphatic rings. The molecule has 176 valence electrons. The number of rotatable bonds is 9. The van der Waals surface area contributed by atoms with Gasteiger partial charge in [-0.05, 0) is 36.6 Å². The highest BCUT2D eigenvalue weighted by molar-refractivity contribution is 7.92. The van der Waals surface area contributed by atoms with E-state index in [0.717, 1.165) is 22.8 Å². The Morgan fingerprint density at radius 2 is 1.84 bits per heavy atom. The molecular formula is C22H32N4O4S2. The lowest BCUT2D eigenvalue weighted by Gasteiger charge is -2.20. The number of anilines is 1. The first kappa shape index (κ1) is 25.8. The fourth-order valence-corrected chi connectivity index (χ4v) is 5.15. The van der Waals surface area contributed by atoms with Gasteiger partial charge < -0.3 is 10.2 Å². The number of amides is 2. The van der Waals surface area contributed by atoms with E-state index in [4.69, 9.17) is 0 Å². The van der Waals surface area contributed by atoms with Crippen molar-refractivity contribution in [1.29, 1.82) is 0 Å². The Kier molecular flexibility index (Phi) is 8.41. The maximum absolute atomic E-state index is 12.6. The normalized spacial score (nSPS) is 12.0. The molecule has 2 heterocycles. The molecule has 2 aromatic rings. The van der Waals surface area contributed by atoms with E-state index in [1.54, 1.807) is 18.2 Å². The van der Waals surface area contributed by atoms with Crippen LogP contribution in [0.25, 0.3) is 0 Å². The third-order valence-corrected chi connectivity index (χ3v) is 7.48. The lowest BCUT2D eigenvalue weighted by molar-refractivity contribution is -0.128. The lowest BCUT2D eigenvalue weighted by atomic mass is 9.96.